The Hall–Kier alpha value is -5.16. The van der Waals surface area contributed by atoms with Gasteiger partial charge in [0.05, 0.1) is 18.8 Å². The fraction of sp³-hybridized carbons (Fsp3) is 0.319. The van der Waals surface area contributed by atoms with Crippen molar-refractivity contribution < 1.29 is 29.4 Å². The third kappa shape index (κ3) is 12.4. The van der Waals surface area contributed by atoms with Gasteiger partial charge >= 0.3 is 0 Å². The summed E-state index contributed by atoms with van der Waals surface area (Å²) in [6.45, 7) is 2.71. The van der Waals surface area contributed by atoms with Crippen LogP contribution < -0.4 is 10.8 Å². The van der Waals surface area contributed by atoms with Crippen molar-refractivity contribution in [2.75, 3.05) is 6.54 Å². The van der Waals surface area contributed by atoms with Crippen LogP contribution in [-0.2, 0) is 45.3 Å². The van der Waals surface area contributed by atoms with Crippen LogP contribution in [-0.4, -0.2) is 39.7 Å². The van der Waals surface area contributed by atoms with Crippen LogP contribution in [0.3, 0.4) is 0 Å². The first kappa shape index (κ1) is 40.5. The molecule has 1 aliphatic heterocycles. The molecule has 1 fully saturated rings. The lowest BCUT2D eigenvalue weighted by atomic mass is 9.98. The van der Waals surface area contributed by atoms with E-state index in [1.165, 1.54) is 11.1 Å². The van der Waals surface area contributed by atoms with E-state index in [9.17, 15) is 14.7 Å². The number of carbonyl (C=O) groups excluding carboxylic acids is 2. The quantitative estimate of drug-likeness (QED) is 0.0379. The zero-order valence-electron chi connectivity index (χ0n) is 31.9. The van der Waals surface area contributed by atoms with Gasteiger partial charge in [0.25, 0.3) is 0 Å². The first-order chi connectivity index (χ1) is 27.4. The molecule has 6 rings (SSSR count). The topological polar surface area (TPSA) is 120 Å². The highest BCUT2D eigenvalue weighted by Gasteiger charge is 2.33. The van der Waals surface area contributed by atoms with Gasteiger partial charge in [0.15, 0.2) is 6.29 Å². The fourth-order valence-corrected chi connectivity index (χ4v) is 7.18. The van der Waals surface area contributed by atoms with Gasteiger partial charge in [0, 0.05) is 51.0 Å². The first-order valence-corrected chi connectivity index (χ1v) is 19.7. The van der Waals surface area contributed by atoms with Gasteiger partial charge in [-0.15, -0.1) is 0 Å². The summed E-state index contributed by atoms with van der Waals surface area (Å²) >= 11 is 0. The first-order valence-electron chi connectivity index (χ1n) is 19.7. The monoisotopic (exact) mass is 755 g/mol. The smallest absolute Gasteiger partial charge is 0.243 e. The van der Waals surface area contributed by atoms with E-state index in [0.717, 1.165) is 65.7 Å². The minimum absolute atomic E-state index is 0.00157. The molecule has 292 valence electrons. The van der Waals surface area contributed by atoms with E-state index in [2.05, 4.69) is 89.1 Å². The molecular weight excluding hydrogens is 703 g/mol. The predicted octanol–water partition coefficient (Wildman–Crippen LogP) is 8.56. The van der Waals surface area contributed by atoms with E-state index in [1.807, 2.05) is 54.6 Å². The lowest BCUT2D eigenvalue weighted by molar-refractivity contribution is -0.253. The summed E-state index contributed by atoms with van der Waals surface area (Å²) in [5.41, 5.74) is 10.0. The SMILES string of the molecule is O=C(CCCCCCC(=O)NCc1cccc(-c2cccc([C@@H]3O[C@H](CN(Cc4ccccc4)Cc4ccccc4)C[C@H](c4ccc(CO)cc4)O3)c2)c1)NO. The highest BCUT2D eigenvalue weighted by atomic mass is 16.7. The van der Waals surface area contributed by atoms with Crippen molar-refractivity contribution in [3.63, 3.8) is 0 Å². The predicted molar refractivity (Wildman–Crippen MR) is 217 cm³/mol. The number of amides is 2. The molecule has 5 aromatic rings. The molecule has 9 nitrogen and oxygen atoms in total. The number of nitrogens with zero attached hydrogens (tertiary/aromatic N) is 1. The molecule has 1 saturated heterocycles. The Labute approximate surface area is 330 Å². The van der Waals surface area contributed by atoms with Crippen molar-refractivity contribution in [1.82, 2.24) is 15.7 Å². The van der Waals surface area contributed by atoms with Crippen molar-refractivity contribution in [1.29, 1.82) is 0 Å². The van der Waals surface area contributed by atoms with Gasteiger partial charge in [0.1, 0.15) is 0 Å². The number of aliphatic hydroxyl groups is 1. The molecule has 0 spiro atoms. The molecule has 1 heterocycles. The second-order valence-corrected chi connectivity index (χ2v) is 14.5. The van der Waals surface area contributed by atoms with Crippen LogP contribution >= 0.6 is 0 Å². The molecule has 0 aromatic heterocycles. The maximum atomic E-state index is 12.6. The third-order valence-electron chi connectivity index (χ3n) is 10.2. The maximum Gasteiger partial charge on any atom is 0.243 e. The standard InChI is InChI=1S/C47H53N3O6/c51-34-37-23-25-39(26-24-37)44-29-43(33-50(31-35-13-5-3-6-14-35)32-36-15-7-4-8-16-36)55-47(56-44)42-20-12-19-41(28-42)40-18-11-17-38(27-40)30-48-45(52)21-9-1-2-10-22-46(53)49-54/h3-8,11-20,23-28,43-44,47,51,54H,1-2,9-10,21-22,29-34H2,(H,48,52)(H,49,53)/t43-,44+,47+/m0/s1. The summed E-state index contributed by atoms with van der Waals surface area (Å²) in [5, 5.41) is 21.3. The Bertz CT molecular complexity index is 1910. The number of nitrogens with one attached hydrogen (secondary N) is 2. The number of ether oxygens (including phenoxy) is 2. The number of aliphatic hydroxyl groups excluding tert-OH is 1. The van der Waals surface area contributed by atoms with Gasteiger partial charge in [-0.25, -0.2) is 5.48 Å². The molecule has 0 radical (unpaired) electrons. The summed E-state index contributed by atoms with van der Waals surface area (Å²) < 4.78 is 13.6. The molecule has 5 aromatic carbocycles. The molecule has 9 heteroatoms. The molecule has 0 aliphatic carbocycles. The van der Waals surface area contributed by atoms with Crippen LogP contribution in [0.25, 0.3) is 11.1 Å². The van der Waals surface area contributed by atoms with Crippen LogP contribution in [0, 0.1) is 0 Å². The molecule has 56 heavy (non-hydrogen) atoms. The Morgan fingerprint density at radius 1 is 0.625 bits per heavy atom. The van der Waals surface area contributed by atoms with E-state index >= 15 is 0 Å². The summed E-state index contributed by atoms with van der Waals surface area (Å²) in [6, 6.07) is 45.6. The summed E-state index contributed by atoms with van der Waals surface area (Å²) in [4.78, 5) is 26.2. The minimum Gasteiger partial charge on any atom is -0.392 e. The lowest BCUT2D eigenvalue weighted by Gasteiger charge is -2.38. The number of benzene rings is 5. The zero-order chi connectivity index (χ0) is 39.0. The van der Waals surface area contributed by atoms with Crippen molar-refractivity contribution in [3.8, 4) is 11.1 Å². The Morgan fingerprint density at radius 3 is 1.88 bits per heavy atom. The Morgan fingerprint density at radius 2 is 1.23 bits per heavy atom. The number of rotatable bonds is 19. The summed E-state index contributed by atoms with van der Waals surface area (Å²) in [5.74, 6) is -0.383. The molecule has 0 unspecified atom stereocenters. The number of unbranched alkanes of at least 4 members (excludes halogenated alkanes) is 3. The summed E-state index contributed by atoms with van der Waals surface area (Å²) in [7, 11) is 0. The second-order valence-electron chi connectivity index (χ2n) is 14.5. The number of hydrogen-bond donors (Lipinski definition) is 4. The highest BCUT2D eigenvalue weighted by Crippen LogP contribution is 2.39. The van der Waals surface area contributed by atoms with Crippen LogP contribution in [0.5, 0.6) is 0 Å². The van der Waals surface area contributed by atoms with Gasteiger partial charge in [-0.2, -0.15) is 0 Å². The van der Waals surface area contributed by atoms with E-state index in [-0.39, 0.29) is 37.0 Å². The van der Waals surface area contributed by atoms with Crippen molar-refractivity contribution in [2.24, 2.45) is 0 Å². The van der Waals surface area contributed by atoms with Crippen LogP contribution in [0.2, 0.25) is 0 Å². The highest BCUT2D eigenvalue weighted by molar-refractivity contribution is 5.76. The Balaban J connectivity index is 1.15. The number of carbonyl (C=O) groups is 2. The molecular formula is C47H53N3O6. The van der Waals surface area contributed by atoms with Crippen molar-refractivity contribution in [3.05, 3.63) is 167 Å². The number of hydrogen-bond acceptors (Lipinski definition) is 7. The lowest BCUT2D eigenvalue weighted by Crippen LogP contribution is -2.39. The van der Waals surface area contributed by atoms with Gasteiger partial charge in [-0.05, 0) is 63.9 Å². The number of hydroxylamine groups is 1. The second kappa shape index (κ2) is 21.2. The molecule has 0 saturated carbocycles. The Kier molecular flexibility index (Phi) is 15.4. The van der Waals surface area contributed by atoms with Gasteiger partial charge in [-0.1, -0.05) is 134 Å². The van der Waals surface area contributed by atoms with Gasteiger partial charge < -0.3 is 19.9 Å². The zero-order valence-corrected chi connectivity index (χ0v) is 31.9. The van der Waals surface area contributed by atoms with Gasteiger partial charge in [0.2, 0.25) is 11.8 Å². The minimum atomic E-state index is -0.596. The molecule has 1 aliphatic rings. The van der Waals surface area contributed by atoms with E-state index in [0.29, 0.717) is 32.4 Å². The van der Waals surface area contributed by atoms with E-state index < -0.39 is 6.29 Å². The summed E-state index contributed by atoms with van der Waals surface area (Å²) in [6.07, 6.45) is 3.60. The molecule has 0 bridgehead atoms. The van der Waals surface area contributed by atoms with Gasteiger partial charge in [-0.3, -0.25) is 19.7 Å². The van der Waals surface area contributed by atoms with Crippen molar-refractivity contribution >= 4 is 11.8 Å². The average Bonchev–Trinajstić information content (AvgIpc) is 3.24. The molecule has 4 N–H and O–H groups in total. The average molecular weight is 756 g/mol. The van der Waals surface area contributed by atoms with Crippen LogP contribution in [0.15, 0.2) is 133 Å². The van der Waals surface area contributed by atoms with Crippen molar-refractivity contribution in [2.45, 2.75) is 89.7 Å². The van der Waals surface area contributed by atoms with E-state index in [1.54, 1.807) is 5.48 Å². The van der Waals surface area contributed by atoms with Crippen LogP contribution in [0.4, 0.5) is 0 Å². The van der Waals surface area contributed by atoms with E-state index in [4.69, 9.17) is 14.7 Å². The third-order valence-corrected chi connectivity index (χ3v) is 10.2. The fourth-order valence-electron chi connectivity index (χ4n) is 7.18. The van der Waals surface area contributed by atoms with Crippen LogP contribution in [0.1, 0.15) is 90.7 Å². The molecule has 2 amide bonds. The normalized spacial score (nSPS) is 16.7. The molecule has 3 atom stereocenters. The largest absolute Gasteiger partial charge is 0.392 e. The maximum absolute atomic E-state index is 12.6.